The fourth-order valence-corrected chi connectivity index (χ4v) is 5.49. The first-order valence-electron chi connectivity index (χ1n) is 12.6. The molecule has 0 saturated carbocycles. The summed E-state index contributed by atoms with van der Waals surface area (Å²) in [7, 11) is -4.48. The van der Waals surface area contributed by atoms with Gasteiger partial charge in [-0.15, -0.1) is 0 Å². The quantitative estimate of drug-likeness (QED) is 0.292. The maximum Gasteiger partial charge on any atom is 0.405 e. The van der Waals surface area contributed by atoms with Crippen molar-refractivity contribution >= 4 is 7.75 Å². The van der Waals surface area contributed by atoms with Gasteiger partial charge in [0.1, 0.15) is 6.10 Å². The first kappa shape index (κ1) is 30.0. The molecule has 0 spiro atoms. The number of aliphatic hydroxyl groups excluding tert-OH is 1. The minimum atomic E-state index is -4.48. The second-order valence-electron chi connectivity index (χ2n) is 9.92. The lowest BCUT2D eigenvalue weighted by atomic mass is 10.0. The molecule has 4 rings (SSSR count). The third-order valence-corrected chi connectivity index (χ3v) is 7.86. The Bertz CT molecular complexity index is 1490. The molecule has 1 saturated heterocycles. The van der Waals surface area contributed by atoms with Crippen molar-refractivity contribution in [3.05, 3.63) is 104 Å². The second kappa shape index (κ2) is 12.3. The zero-order valence-corrected chi connectivity index (χ0v) is 23.3. The second-order valence-corrected chi connectivity index (χ2v) is 11.4. The largest absolute Gasteiger partial charge is 0.405 e. The van der Waals surface area contributed by atoms with Gasteiger partial charge in [0.05, 0.1) is 19.3 Å². The van der Waals surface area contributed by atoms with Gasteiger partial charge in [-0.25, -0.2) is 19.3 Å². The molecular formula is C27H33FN3O8P. The zero-order chi connectivity index (χ0) is 29.1. The van der Waals surface area contributed by atoms with E-state index in [4.69, 9.17) is 24.0 Å². The molecule has 11 nitrogen and oxygen atoms in total. The Kier molecular flexibility index (Phi) is 9.21. The molecular weight excluding hydrogens is 544 g/mol. The predicted molar refractivity (Wildman–Crippen MR) is 144 cm³/mol. The maximum atomic E-state index is 15.5. The van der Waals surface area contributed by atoms with Gasteiger partial charge in [0.25, 0.3) is 5.56 Å². The highest BCUT2D eigenvalue weighted by Gasteiger charge is 2.57. The number of nitrogens with two attached hydrogens (primary N) is 1. The molecule has 1 fully saturated rings. The molecule has 1 aliphatic heterocycles. The van der Waals surface area contributed by atoms with Crippen molar-refractivity contribution in [2.24, 2.45) is 5.50 Å². The Hall–Kier alpha value is -2.96. The first-order valence-corrected chi connectivity index (χ1v) is 14.2. The molecule has 0 bridgehead atoms. The van der Waals surface area contributed by atoms with Crippen LogP contribution in [0.1, 0.15) is 35.4 Å². The fourth-order valence-electron chi connectivity index (χ4n) is 4.44. The Morgan fingerprint density at radius 2 is 1.75 bits per heavy atom. The minimum Gasteiger partial charge on any atom is -0.384 e. The van der Waals surface area contributed by atoms with Crippen LogP contribution in [0.15, 0.2) is 70.4 Å². The van der Waals surface area contributed by atoms with Gasteiger partial charge < -0.3 is 14.6 Å². The molecule has 1 aliphatic rings. The number of aromatic amines is 1. The van der Waals surface area contributed by atoms with Gasteiger partial charge in [-0.1, -0.05) is 48.5 Å². The number of halogens is 1. The van der Waals surface area contributed by atoms with Crippen LogP contribution in [-0.4, -0.2) is 45.4 Å². The molecule has 216 valence electrons. The molecule has 40 heavy (non-hydrogen) atoms. The summed E-state index contributed by atoms with van der Waals surface area (Å²) in [6.45, 7) is 5.13. The average Bonchev–Trinajstić information content (AvgIpc) is 3.09. The van der Waals surface area contributed by atoms with Crippen LogP contribution in [0.25, 0.3) is 0 Å². The first-order chi connectivity index (χ1) is 18.9. The van der Waals surface area contributed by atoms with E-state index in [1.807, 2.05) is 67.4 Å². The van der Waals surface area contributed by atoms with Crippen LogP contribution in [0, 0.1) is 13.8 Å². The summed E-state index contributed by atoms with van der Waals surface area (Å²) < 4.78 is 51.9. The Labute approximate surface area is 230 Å². The highest BCUT2D eigenvalue weighted by molar-refractivity contribution is 7.51. The number of nitrogens with one attached hydrogen (secondary N) is 1. The van der Waals surface area contributed by atoms with Crippen molar-refractivity contribution < 1.29 is 32.6 Å². The summed E-state index contributed by atoms with van der Waals surface area (Å²) in [5.74, 6) is 0. The van der Waals surface area contributed by atoms with E-state index in [1.165, 1.54) is 0 Å². The zero-order valence-electron chi connectivity index (χ0n) is 22.4. The number of aliphatic hydroxyl groups is 1. The summed E-state index contributed by atoms with van der Waals surface area (Å²) in [4.78, 5) is 25.6. The lowest BCUT2D eigenvalue weighted by Gasteiger charge is -2.26. The van der Waals surface area contributed by atoms with E-state index >= 15 is 4.39 Å². The van der Waals surface area contributed by atoms with Crippen LogP contribution in [0.2, 0.25) is 0 Å². The fraction of sp³-hybridized carbons (Fsp3) is 0.407. The van der Waals surface area contributed by atoms with Gasteiger partial charge in [-0.2, -0.15) is 0 Å². The molecule has 13 heteroatoms. The number of nitrogens with zero attached hydrogens (tertiary/aromatic N) is 1. The van der Waals surface area contributed by atoms with Crippen molar-refractivity contribution in [1.29, 1.82) is 0 Å². The molecule has 0 amide bonds. The third-order valence-electron chi connectivity index (χ3n) is 6.76. The van der Waals surface area contributed by atoms with Gasteiger partial charge in [0, 0.05) is 18.7 Å². The number of ether oxygens (including phenoxy) is 2. The van der Waals surface area contributed by atoms with Crippen molar-refractivity contribution in [2.45, 2.75) is 64.2 Å². The van der Waals surface area contributed by atoms with Gasteiger partial charge in [-0.3, -0.25) is 23.4 Å². The molecule has 3 aromatic rings. The SMILES string of the molecule is Cc1ccccc1COC[C@H](Cc1ccccc1C)OP(N)(=O)O[C@H]1O[C@@H](n2ccc(=O)[nH]c2=O)[C@](C)(F)[C@@H]1O. The molecule has 2 heterocycles. The van der Waals surface area contributed by atoms with Crippen molar-refractivity contribution in [3.8, 4) is 0 Å². The Balaban J connectivity index is 1.49. The van der Waals surface area contributed by atoms with Gasteiger partial charge in [0.2, 0.25) is 0 Å². The smallest absolute Gasteiger partial charge is 0.384 e. The molecule has 4 N–H and O–H groups in total. The van der Waals surface area contributed by atoms with Crippen LogP contribution >= 0.6 is 7.75 Å². The van der Waals surface area contributed by atoms with E-state index in [0.29, 0.717) is 0 Å². The topological polar surface area (TPSA) is 155 Å². The summed E-state index contributed by atoms with van der Waals surface area (Å²) in [5, 5.41) is 10.6. The minimum absolute atomic E-state index is 0.00246. The van der Waals surface area contributed by atoms with Crippen molar-refractivity contribution in [2.75, 3.05) is 6.61 Å². The average molecular weight is 578 g/mol. The number of aryl methyl sites for hydroxylation is 2. The van der Waals surface area contributed by atoms with E-state index in [2.05, 4.69) is 0 Å². The maximum absolute atomic E-state index is 15.5. The van der Waals surface area contributed by atoms with E-state index in [-0.39, 0.29) is 19.6 Å². The van der Waals surface area contributed by atoms with Gasteiger partial charge in [-0.05, 0) is 43.0 Å². The summed E-state index contributed by atoms with van der Waals surface area (Å²) in [6.07, 6.45) is -5.10. The highest BCUT2D eigenvalue weighted by atomic mass is 31.2. The summed E-state index contributed by atoms with van der Waals surface area (Å²) in [5.41, 5.74) is 5.55. The predicted octanol–water partition coefficient (Wildman–Crippen LogP) is 3.03. The molecule has 2 aromatic carbocycles. The molecule has 6 atom stereocenters. The van der Waals surface area contributed by atoms with Gasteiger partial charge in [0.15, 0.2) is 18.2 Å². The number of hydrogen-bond donors (Lipinski definition) is 3. The summed E-state index contributed by atoms with van der Waals surface area (Å²) in [6, 6.07) is 16.3. The van der Waals surface area contributed by atoms with E-state index in [9.17, 15) is 19.3 Å². The normalized spacial score (nSPS) is 25.0. The van der Waals surface area contributed by atoms with E-state index in [0.717, 1.165) is 46.0 Å². The number of hydrogen-bond acceptors (Lipinski definition) is 8. The standard InChI is InChI=1S/C27H33FN3O8P/c1-17-8-4-6-10-19(17)14-21(16-36-15-20-11-7-5-9-18(20)2)38-40(29,35)39-24-23(33)27(3,28)25(37-24)31-13-12-22(32)30-26(31)34/h4-13,21,23-25,33H,14-16H2,1-3H3,(H2,29,35)(H,30,32,34)/t21-,23+,24+,25+,27+,40?/m0/s1. The molecule has 0 aliphatic carbocycles. The van der Waals surface area contributed by atoms with Crippen LogP contribution in [0.3, 0.4) is 0 Å². The number of H-pyrrole nitrogens is 1. The lowest BCUT2D eigenvalue weighted by molar-refractivity contribution is -0.134. The number of aromatic nitrogens is 2. The van der Waals surface area contributed by atoms with Crippen LogP contribution in [-0.2, 0) is 36.1 Å². The monoisotopic (exact) mass is 577 g/mol. The van der Waals surface area contributed by atoms with E-state index in [1.54, 1.807) is 0 Å². The number of alkyl halides is 1. The third kappa shape index (κ3) is 7.02. The summed E-state index contributed by atoms with van der Waals surface area (Å²) >= 11 is 0. The van der Waals surface area contributed by atoms with Crippen LogP contribution in [0.4, 0.5) is 4.39 Å². The van der Waals surface area contributed by atoms with Crippen molar-refractivity contribution in [1.82, 2.24) is 9.55 Å². The number of benzene rings is 2. The molecule has 1 unspecified atom stereocenters. The Morgan fingerprint density at radius 1 is 1.12 bits per heavy atom. The van der Waals surface area contributed by atoms with Crippen molar-refractivity contribution in [3.63, 3.8) is 0 Å². The van der Waals surface area contributed by atoms with Gasteiger partial charge >= 0.3 is 13.4 Å². The lowest BCUT2D eigenvalue weighted by Crippen LogP contribution is -2.43. The van der Waals surface area contributed by atoms with E-state index < -0.39 is 49.4 Å². The number of rotatable bonds is 11. The van der Waals surface area contributed by atoms with Crippen LogP contribution < -0.4 is 16.8 Å². The highest BCUT2D eigenvalue weighted by Crippen LogP contribution is 2.49. The van der Waals surface area contributed by atoms with Crippen LogP contribution in [0.5, 0.6) is 0 Å². The molecule has 0 radical (unpaired) electrons. The molecule has 1 aromatic heterocycles. The Morgan fingerprint density at radius 3 is 2.38 bits per heavy atom.